The summed E-state index contributed by atoms with van der Waals surface area (Å²) >= 11 is 0. The molecule has 0 saturated carbocycles. The molecule has 3 N–H and O–H groups in total. The molecule has 0 fully saturated rings. The van der Waals surface area contributed by atoms with Crippen LogP contribution < -0.4 is 15.4 Å². The van der Waals surface area contributed by atoms with Crippen LogP contribution in [0.15, 0.2) is 59.6 Å². The third kappa shape index (κ3) is 5.03. The Morgan fingerprint density at radius 2 is 1.81 bits per heavy atom. The summed E-state index contributed by atoms with van der Waals surface area (Å²) in [6.45, 7) is 3.25. The monoisotopic (exact) mass is 521 g/mol. The number of hydrogen-bond donors (Lipinski definition) is 3. The highest BCUT2D eigenvalue weighted by atomic mass is 32.2. The van der Waals surface area contributed by atoms with Gasteiger partial charge in [0.25, 0.3) is 11.8 Å². The summed E-state index contributed by atoms with van der Waals surface area (Å²) in [5.74, 6) is -0.631. The van der Waals surface area contributed by atoms with Crippen LogP contribution in [0.2, 0.25) is 0 Å². The Balaban J connectivity index is 1.63. The summed E-state index contributed by atoms with van der Waals surface area (Å²) in [6.07, 6.45) is 1.58. The number of aromatic amines is 1. The quantitative estimate of drug-likeness (QED) is 0.323. The van der Waals surface area contributed by atoms with Crippen LogP contribution in [0.5, 0.6) is 5.88 Å². The standard InChI is InChI=1S/C26H27N5O5S/c1-15(2)37(34,35)22-8-6-5-7-17(22)13-28-24(32)20-11-18(14-29-26(20)36-4)16-9-10-19-21(12-16)30-31-23(19)25(33)27-3/h5-12,14-15H,13H2,1-4H3,(H,27,33)(H,28,32)(H,30,31). The van der Waals surface area contributed by atoms with Crippen molar-refractivity contribution >= 4 is 32.6 Å². The fourth-order valence-electron chi connectivity index (χ4n) is 3.88. The number of nitrogens with one attached hydrogen (secondary N) is 3. The summed E-state index contributed by atoms with van der Waals surface area (Å²) < 4.78 is 30.8. The first-order valence-corrected chi connectivity index (χ1v) is 13.1. The molecular weight excluding hydrogens is 494 g/mol. The van der Waals surface area contributed by atoms with Crippen molar-refractivity contribution in [3.8, 4) is 17.0 Å². The number of fused-ring (bicyclic) bond motifs is 1. The zero-order chi connectivity index (χ0) is 26.7. The van der Waals surface area contributed by atoms with Gasteiger partial charge in [0.1, 0.15) is 5.56 Å². The fourth-order valence-corrected chi connectivity index (χ4v) is 5.16. The third-order valence-electron chi connectivity index (χ3n) is 5.97. The van der Waals surface area contributed by atoms with Crippen LogP contribution in [0.4, 0.5) is 0 Å². The number of methoxy groups -OCH3 is 1. The molecule has 4 aromatic rings. The maximum atomic E-state index is 13.2. The van der Waals surface area contributed by atoms with E-state index in [1.807, 2.05) is 12.1 Å². The van der Waals surface area contributed by atoms with Crippen molar-refractivity contribution in [3.63, 3.8) is 0 Å². The second-order valence-electron chi connectivity index (χ2n) is 8.58. The maximum absolute atomic E-state index is 13.2. The van der Waals surface area contributed by atoms with E-state index in [1.165, 1.54) is 14.2 Å². The molecule has 2 aromatic heterocycles. The average molecular weight is 522 g/mol. The smallest absolute Gasteiger partial charge is 0.272 e. The van der Waals surface area contributed by atoms with E-state index >= 15 is 0 Å². The van der Waals surface area contributed by atoms with E-state index in [1.54, 1.807) is 56.4 Å². The van der Waals surface area contributed by atoms with E-state index in [2.05, 4.69) is 25.8 Å². The molecule has 2 aromatic carbocycles. The number of nitrogens with zero attached hydrogens (tertiary/aromatic N) is 2. The van der Waals surface area contributed by atoms with Crippen LogP contribution in [0.25, 0.3) is 22.0 Å². The fraction of sp³-hybridized carbons (Fsp3) is 0.231. The molecule has 0 unspecified atom stereocenters. The minimum absolute atomic E-state index is 0.0106. The normalized spacial score (nSPS) is 11.5. The molecule has 2 heterocycles. The van der Waals surface area contributed by atoms with Crippen LogP contribution >= 0.6 is 0 Å². The molecule has 0 atom stereocenters. The molecule has 37 heavy (non-hydrogen) atoms. The number of ether oxygens (including phenoxy) is 1. The van der Waals surface area contributed by atoms with Gasteiger partial charge in [0.2, 0.25) is 5.88 Å². The first-order valence-electron chi connectivity index (χ1n) is 11.5. The van der Waals surface area contributed by atoms with Gasteiger partial charge in [-0.05, 0) is 49.2 Å². The van der Waals surface area contributed by atoms with Gasteiger partial charge < -0.3 is 15.4 Å². The van der Waals surface area contributed by atoms with Crippen molar-refractivity contribution in [2.45, 2.75) is 30.5 Å². The van der Waals surface area contributed by atoms with Gasteiger partial charge in [-0.25, -0.2) is 13.4 Å². The third-order valence-corrected chi connectivity index (χ3v) is 8.22. The molecule has 0 aliphatic rings. The summed E-state index contributed by atoms with van der Waals surface area (Å²) in [7, 11) is -0.567. The molecule has 0 radical (unpaired) electrons. The summed E-state index contributed by atoms with van der Waals surface area (Å²) in [4.78, 5) is 29.6. The highest BCUT2D eigenvalue weighted by molar-refractivity contribution is 7.92. The average Bonchev–Trinajstić information content (AvgIpc) is 3.34. The van der Waals surface area contributed by atoms with E-state index in [4.69, 9.17) is 4.74 Å². The van der Waals surface area contributed by atoms with Crippen LogP contribution in [-0.2, 0) is 16.4 Å². The predicted molar refractivity (Wildman–Crippen MR) is 139 cm³/mol. The van der Waals surface area contributed by atoms with Crippen molar-refractivity contribution in [2.24, 2.45) is 0 Å². The number of hydrogen-bond acceptors (Lipinski definition) is 7. The van der Waals surface area contributed by atoms with Gasteiger partial charge in [0.15, 0.2) is 15.5 Å². The first-order chi connectivity index (χ1) is 17.7. The molecule has 0 saturated heterocycles. The lowest BCUT2D eigenvalue weighted by Gasteiger charge is -2.14. The van der Waals surface area contributed by atoms with Crippen molar-refractivity contribution in [1.29, 1.82) is 0 Å². The number of aromatic nitrogens is 3. The summed E-state index contributed by atoms with van der Waals surface area (Å²) in [5, 5.41) is 12.4. The van der Waals surface area contributed by atoms with E-state index in [-0.39, 0.29) is 34.5 Å². The van der Waals surface area contributed by atoms with E-state index < -0.39 is 21.0 Å². The second-order valence-corrected chi connectivity index (χ2v) is 11.0. The number of benzene rings is 2. The molecule has 0 spiro atoms. The van der Waals surface area contributed by atoms with E-state index in [9.17, 15) is 18.0 Å². The maximum Gasteiger partial charge on any atom is 0.272 e. The Bertz CT molecular complexity index is 1590. The number of amides is 2. The number of pyridine rings is 1. The molecule has 2 amide bonds. The molecule has 192 valence electrons. The van der Waals surface area contributed by atoms with Crippen molar-refractivity contribution in [1.82, 2.24) is 25.8 Å². The molecule has 0 aliphatic heterocycles. The molecule has 11 heteroatoms. The minimum atomic E-state index is -3.52. The number of sulfone groups is 1. The molecule has 0 aliphatic carbocycles. The van der Waals surface area contributed by atoms with Gasteiger partial charge >= 0.3 is 0 Å². The van der Waals surface area contributed by atoms with Crippen LogP contribution in [0.3, 0.4) is 0 Å². The second kappa shape index (κ2) is 10.4. The van der Waals surface area contributed by atoms with E-state index in [0.717, 1.165) is 5.56 Å². The van der Waals surface area contributed by atoms with Crippen molar-refractivity contribution < 1.29 is 22.7 Å². The molecule has 10 nitrogen and oxygen atoms in total. The zero-order valence-electron chi connectivity index (χ0n) is 20.8. The summed E-state index contributed by atoms with van der Waals surface area (Å²) in [6, 6.07) is 13.6. The number of H-pyrrole nitrogens is 1. The SMILES string of the molecule is CNC(=O)c1n[nH]c2cc(-c3cnc(OC)c(C(=O)NCc4ccccc4S(=O)(=O)C(C)C)c3)ccc12. The van der Waals surface area contributed by atoms with Crippen LogP contribution in [-0.4, -0.2) is 54.8 Å². The zero-order valence-corrected chi connectivity index (χ0v) is 21.6. The predicted octanol–water partition coefficient (Wildman–Crippen LogP) is 3.11. The van der Waals surface area contributed by atoms with Gasteiger partial charge in [-0.3, -0.25) is 14.7 Å². The van der Waals surface area contributed by atoms with Gasteiger partial charge in [-0.1, -0.05) is 24.3 Å². The lowest BCUT2D eigenvalue weighted by molar-refractivity contribution is 0.0943. The number of rotatable bonds is 8. The Kier molecular flexibility index (Phi) is 7.25. The van der Waals surface area contributed by atoms with Crippen molar-refractivity contribution in [3.05, 3.63) is 71.5 Å². The lowest BCUT2D eigenvalue weighted by atomic mass is 10.0. The van der Waals surface area contributed by atoms with Gasteiger partial charge in [-0.2, -0.15) is 5.10 Å². The van der Waals surface area contributed by atoms with Crippen molar-refractivity contribution in [2.75, 3.05) is 14.2 Å². The molecule has 4 rings (SSSR count). The van der Waals surface area contributed by atoms with Gasteiger partial charge in [0.05, 0.1) is 22.8 Å². The Labute approximate surface area is 214 Å². The van der Waals surface area contributed by atoms with E-state index in [0.29, 0.717) is 22.0 Å². The summed E-state index contributed by atoms with van der Waals surface area (Å²) in [5.41, 5.74) is 3.02. The lowest BCUT2D eigenvalue weighted by Crippen LogP contribution is -2.25. The molecular formula is C26H27N5O5S. The van der Waals surface area contributed by atoms with Gasteiger partial charge in [0, 0.05) is 30.7 Å². The number of carbonyl (C=O) groups is 2. The first kappa shape index (κ1) is 25.8. The van der Waals surface area contributed by atoms with Gasteiger partial charge in [-0.15, -0.1) is 0 Å². The Morgan fingerprint density at radius 3 is 2.51 bits per heavy atom. The van der Waals surface area contributed by atoms with Crippen LogP contribution in [0, 0.1) is 0 Å². The number of carbonyl (C=O) groups excluding carboxylic acids is 2. The largest absolute Gasteiger partial charge is 0.480 e. The highest BCUT2D eigenvalue weighted by Crippen LogP contribution is 2.28. The Hall–Kier alpha value is -4.25. The van der Waals surface area contributed by atoms with Crippen LogP contribution in [0.1, 0.15) is 40.3 Å². The minimum Gasteiger partial charge on any atom is -0.480 e. The topological polar surface area (TPSA) is 143 Å². The highest BCUT2D eigenvalue weighted by Gasteiger charge is 2.23. The molecule has 0 bridgehead atoms. The Morgan fingerprint density at radius 1 is 1.05 bits per heavy atom.